The van der Waals surface area contributed by atoms with Crippen LogP contribution in [0.3, 0.4) is 0 Å². The van der Waals surface area contributed by atoms with Crippen LogP contribution >= 0.6 is 11.6 Å². The van der Waals surface area contributed by atoms with Crippen LogP contribution in [0.25, 0.3) is 10.9 Å². The molecule has 1 aromatic heterocycles. The van der Waals surface area contributed by atoms with Crippen LogP contribution in [0, 0.1) is 0 Å². The summed E-state index contributed by atoms with van der Waals surface area (Å²) < 4.78 is 1.28. The van der Waals surface area contributed by atoms with E-state index < -0.39 is 0 Å². The predicted molar refractivity (Wildman–Crippen MR) is 54.9 cm³/mol. The molecular formula is C10H8ClNO2. The Morgan fingerprint density at radius 2 is 2.07 bits per heavy atom. The first-order valence-electron chi connectivity index (χ1n) is 4.11. The molecule has 0 atom stereocenters. The van der Waals surface area contributed by atoms with Crippen molar-refractivity contribution in [2.75, 3.05) is 0 Å². The van der Waals surface area contributed by atoms with E-state index in [1.165, 1.54) is 11.5 Å². The van der Waals surface area contributed by atoms with Crippen LogP contribution in [0.15, 0.2) is 24.3 Å². The van der Waals surface area contributed by atoms with Crippen molar-refractivity contribution in [2.24, 2.45) is 0 Å². The van der Waals surface area contributed by atoms with Crippen molar-refractivity contribution in [3.8, 4) is 5.75 Å². The minimum absolute atomic E-state index is 0.0440. The molecule has 2 rings (SSSR count). The Bertz CT molecular complexity index is 516. The van der Waals surface area contributed by atoms with Crippen molar-refractivity contribution >= 4 is 28.4 Å². The second kappa shape index (κ2) is 3.03. The minimum Gasteiger partial charge on any atom is -0.504 e. The van der Waals surface area contributed by atoms with E-state index in [4.69, 9.17) is 11.6 Å². The Morgan fingerprint density at radius 1 is 1.43 bits per heavy atom. The van der Waals surface area contributed by atoms with Crippen LogP contribution in [0.1, 0.15) is 11.7 Å². The Balaban J connectivity index is 2.95. The molecule has 0 radical (unpaired) electrons. The Labute approximate surface area is 85.5 Å². The highest BCUT2D eigenvalue weighted by molar-refractivity contribution is 6.34. The molecule has 0 fully saturated rings. The maximum Gasteiger partial charge on any atom is 0.229 e. The van der Waals surface area contributed by atoms with Crippen LogP contribution in [-0.4, -0.2) is 15.6 Å². The van der Waals surface area contributed by atoms with Crippen LogP contribution < -0.4 is 0 Å². The molecule has 14 heavy (non-hydrogen) atoms. The number of aromatic nitrogens is 1. The molecule has 0 bridgehead atoms. The molecular weight excluding hydrogens is 202 g/mol. The molecule has 0 aliphatic rings. The molecule has 0 aliphatic carbocycles. The fraction of sp³-hybridized carbons (Fsp3) is 0.100. The standard InChI is InChI=1S/C10H8ClNO2/c1-6(13)12-8-5-3-2-4-7(8)9(14)10(12)11/h2-5,14H,1H3. The quantitative estimate of drug-likeness (QED) is 0.725. The van der Waals surface area contributed by atoms with Crippen LogP contribution in [-0.2, 0) is 0 Å². The first kappa shape index (κ1) is 9.09. The summed E-state index contributed by atoms with van der Waals surface area (Å²) >= 11 is 5.82. The van der Waals surface area contributed by atoms with Gasteiger partial charge in [0.15, 0.2) is 10.9 Å². The zero-order chi connectivity index (χ0) is 10.3. The van der Waals surface area contributed by atoms with Gasteiger partial charge in [0.05, 0.1) is 5.52 Å². The molecule has 1 heterocycles. The van der Waals surface area contributed by atoms with E-state index in [0.29, 0.717) is 10.9 Å². The second-order valence-corrected chi connectivity index (χ2v) is 3.37. The molecule has 0 amide bonds. The molecule has 4 heteroatoms. The number of rotatable bonds is 0. The number of para-hydroxylation sites is 1. The lowest BCUT2D eigenvalue weighted by Crippen LogP contribution is -2.04. The summed E-state index contributed by atoms with van der Waals surface area (Å²) in [6, 6.07) is 7.03. The van der Waals surface area contributed by atoms with Gasteiger partial charge in [-0.25, -0.2) is 0 Å². The number of halogens is 1. The highest BCUT2D eigenvalue weighted by atomic mass is 35.5. The lowest BCUT2D eigenvalue weighted by Gasteiger charge is -1.99. The number of aromatic hydroxyl groups is 1. The summed E-state index contributed by atoms with van der Waals surface area (Å²) in [5.41, 5.74) is 0.627. The van der Waals surface area contributed by atoms with E-state index in [2.05, 4.69) is 0 Å². The summed E-state index contributed by atoms with van der Waals surface area (Å²) in [6.45, 7) is 1.40. The molecule has 0 unspecified atom stereocenters. The number of carbonyl (C=O) groups is 1. The lowest BCUT2D eigenvalue weighted by molar-refractivity contribution is 0.0941. The highest BCUT2D eigenvalue weighted by Gasteiger charge is 2.16. The third-order valence-electron chi connectivity index (χ3n) is 2.11. The molecule has 72 valence electrons. The summed E-state index contributed by atoms with van der Waals surface area (Å²) in [5.74, 6) is -0.260. The summed E-state index contributed by atoms with van der Waals surface area (Å²) in [4.78, 5) is 11.3. The normalized spacial score (nSPS) is 10.7. The maximum absolute atomic E-state index is 11.3. The van der Waals surface area contributed by atoms with Crippen molar-refractivity contribution < 1.29 is 9.90 Å². The molecule has 0 saturated carbocycles. The molecule has 2 aromatic rings. The van der Waals surface area contributed by atoms with Gasteiger partial charge in [-0.1, -0.05) is 23.7 Å². The maximum atomic E-state index is 11.3. The number of carbonyl (C=O) groups excluding carboxylic acids is 1. The van der Waals surface area contributed by atoms with Gasteiger partial charge in [-0.2, -0.15) is 0 Å². The smallest absolute Gasteiger partial charge is 0.229 e. The Morgan fingerprint density at radius 3 is 2.71 bits per heavy atom. The van der Waals surface area contributed by atoms with Gasteiger partial charge in [0.1, 0.15) is 0 Å². The van der Waals surface area contributed by atoms with Crippen LogP contribution in [0.2, 0.25) is 5.15 Å². The van der Waals surface area contributed by atoms with E-state index in [-0.39, 0.29) is 16.8 Å². The number of benzene rings is 1. The van der Waals surface area contributed by atoms with E-state index in [1.807, 2.05) is 0 Å². The predicted octanol–water partition coefficient (Wildman–Crippen LogP) is 2.66. The SMILES string of the molecule is CC(=O)n1c(Cl)c(O)c2ccccc21. The van der Waals surface area contributed by atoms with E-state index in [1.54, 1.807) is 24.3 Å². The second-order valence-electron chi connectivity index (χ2n) is 3.01. The van der Waals surface area contributed by atoms with Gasteiger partial charge in [0.2, 0.25) is 5.91 Å². The van der Waals surface area contributed by atoms with Gasteiger partial charge in [-0.15, -0.1) is 0 Å². The fourth-order valence-electron chi connectivity index (χ4n) is 1.50. The Kier molecular flexibility index (Phi) is 1.97. The monoisotopic (exact) mass is 209 g/mol. The summed E-state index contributed by atoms with van der Waals surface area (Å²) in [5, 5.41) is 10.3. The highest BCUT2D eigenvalue weighted by Crippen LogP contribution is 2.35. The third kappa shape index (κ3) is 1.09. The fourth-order valence-corrected chi connectivity index (χ4v) is 1.81. The van der Waals surface area contributed by atoms with E-state index in [0.717, 1.165) is 0 Å². The van der Waals surface area contributed by atoms with Crippen molar-refractivity contribution in [3.05, 3.63) is 29.4 Å². The van der Waals surface area contributed by atoms with Crippen LogP contribution in [0.5, 0.6) is 5.75 Å². The zero-order valence-electron chi connectivity index (χ0n) is 7.49. The third-order valence-corrected chi connectivity index (χ3v) is 2.45. The van der Waals surface area contributed by atoms with Crippen molar-refractivity contribution in [1.82, 2.24) is 4.57 Å². The first-order chi connectivity index (χ1) is 6.63. The zero-order valence-corrected chi connectivity index (χ0v) is 8.25. The number of fused-ring (bicyclic) bond motifs is 1. The Hall–Kier alpha value is -1.48. The molecule has 0 saturated heterocycles. The van der Waals surface area contributed by atoms with Gasteiger partial charge < -0.3 is 5.11 Å². The summed E-state index contributed by atoms with van der Waals surface area (Å²) in [6.07, 6.45) is 0. The van der Waals surface area contributed by atoms with Crippen molar-refractivity contribution in [2.45, 2.75) is 6.92 Å². The topological polar surface area (TPSA) is 42.2 Å². The van der Waals surface area contributed by atoms with Crippen molar-refractivity contribution in [3.63, 3.8) is 0 Å². The number of hydrogen-bond donors (Lipinski definition) is 1. The van der Waals surface area contributed by atoms with Gasteiger partial charge in [-0.3, -0.25) is 9.36 Å². The average Bonchev–Trinajstić information content (AvgIpc) is 2.41. The van der Waals surface area contributed by atoms with Crippen molar-refractivity contribution in [1.29, 1.82) is 0 Å². The van der Waals surface area contributed by atoms with Gasteiger partial charge in [-0.05, 0) is 12.1 Å². The molecule has 1 N–H and O–H groups in total. The first-order valence-corrected chi connectivity index (χ1v) is 4.49. The summed E-state index contributed by atoms with van der Waals surface area (Å²) in [7, 11) is 0. The van der Waals surface area contributed by atoms with Gasteiger partial charge in [0.25, 0.3) is 0 Å². The molecule has 1 aromatic carbocycles. The van der Waals surface area contributed by atoms with Gasteiger partial charge >= 0.3 is 0 Å². The van der Waals surface area contributed by atoms with Gasteiger partial charge in [0, 0.05) is 12.3 Å². The largest absolute Gasteiger partial charge is 0.504 e. The van der Waals surface area contributed by atoms with E-state index >= 15 is 0 Å². The van der Waals surface area contributed by atoms with Crippen LogP contribution in [0.4, 0.5) is 0 Å². The average molecular weight is 210 g/mol. The molecule has 3 nitrogen and oxygen atoms in total. The molecule has 0 aliphatic heterocycles. The van der Waals surface area contributed by atoms with E-state index in [9.17, 15) is 9.90 Å². The number of hydrogen-bond acceptors (Lipinski definition) is 2. The molecule has 0 spiro atoms. The minimum atomic E-state index is -0.216. The lowest BCUT2D eigenvalue weighted by atomic mass is 10.2. The number of nitrogens with zero attached hydrogens (tertiary/aromatic N) is 1.